The number of carbonyl (C=O) groups is 1. The van der Waals surface area contributed by atoms with E-state index in [-0.39, 0.29) is 24.6 Å². The van der Waals surface area contributed by atoms with E-state index in [2.05, 4.69) is 9.89 Å². The number of likely N-dealkylation sites (N-methyl/N-ethyl adjacent to an activating group) is 1. The third kappa shape index (κ3) is 4.74. The smallest absolute Gasteiger partial charge is 0.406 e. The summed E-state index contributed by atoms with van der Waals surface area (Å²) in [5.74, 6) is 0.166. The maximum atomic E-state index is 12.3. The molecule has 0 radical (unpaired) electrons. The highest BCUT2D eigenvalue weighted by molar-refractivity contribution is 5.79. The lowest BCUT2D eigenvalue weighted by Gasteiger charge is -2.17. The van der Waals surface area contributed by atoms with Gasteiger partial charge in [0.25, 0.3) is 0 Å². The molecule has 1 aromatic heterocycles. The first kappa shape index (κ1) is 17.8. The van der Waals surface area contributed by atoms with Crippen LogP contribution in [0.1, 0.15) is 22.6 Å². The fourth-order valence-electron chi connectivity index (χ4n) is 2.20. The lowest BCUT2D eigenvalue weighted by atomic mass is 10.1. The number of hydrogen-bond donors (Lipinski definition) is 0. The molecule has 1 heterocycles. The monoisotopic (exact) mass is 342 g/mol. The molecule has 0 aliphatic heterocycles. The summed E-state index contributed by atoms with van der Waals surface area (Å²) >= 11 is 0. The summed E-state index contributed by atoms with van der Waals surface area (Å²) in [6, 6.07) is 5.41. The third-order valence-corrected chi connectivity index (χ3v) is 3.51. The van der Waals surface area contributed by atoms with E-state index in [0.29, 0.717) is 17.0 Å². The van der Waals surface area contributed by atoms with Crippen LogP contribution in [0.5, 0.6) is 5.75 Å². The highest BCUT2D eigenvalue weighted by atomic mass is 19.4. The number of hydrogen-bond acceptors (Lipinski definition) is 4. The van der Waals surface area contributed by atoms with Crippen LogP contribution in [-0.4, -0.2) is 29.4 Å². The molecule has 2 rings (SSSR count). The fraction of sp³-hybridized carbons (Fsp3) is 0.375. The molecule has 0 spiro atoms. The van der Waals surface area contributed by atoms with Crippen LogP contribution >= 0.6 is 0 Å². The van der Waals surface area contributed by atoms with Gasteiger partial charge in [-0.1, -0.05) is 17.3 Å². The second kappa shape index (κ2) is 6.94. The zero-order valence-electron chi connectivity index (χ0n) is 13.5. The number of halogens is 3. The molecule has 0 aliphatic rings. The Labute approximate surface area is 137 Å². The van der Waals surface area contributed by atoms with Gasteiger partial charge in [0.2, 0.25) is 5.91 Å². The molecule has 0 saturated heterocycles. The number of alkyl halides is 3. The van der Waals surface area contributed by atoms with Gasteiger partial charge in [0, 0.05) is 19.2 Å². The van der Waals surface area contributed by atoms with Crippen molar-refractivity contribution in [2.75, 3.05) is 7.05 Å². The van der Waals surface area contributed by atoms with Gasteiger partial charge in [0.15, 0.2) is 0 Å². The molecule has 8 heteroatoms. The predicted octanol–water partition coefficient (Wildman–Crippen LogP) is 3.39. The topological polar surface area (TPSA) is 55.6 Å². The first-order valence-electron chi connectivity index (χ1n) is 7.16. The average Bonchev–Trinajstić information content (AvgIpc) is 2.79. The van der Waals surface area contributed by atoms with E-state index in [1.165, 1.54) is 29.2 Å². The summed E-state index contributed by atoms with van der Waals surface area (Å²) in [6.07, 6.45) is -4.56. The number of ether oxygens (including phenoxy) is 1. The maximum absolute atomic E-state index is 12.3. The van der Waals surface area contributed by atoms with Crippen LogP contribution in [0.4, 0.5) is 13.2 Å². The number of carbonyl (C=O) groups excluding carboxylic acids is 1. The molecule has 24 heavy (non-hydrogen) atoms. The van der Waals surface area contributed by atoms with Crippen molar-refractivity contribution in [3.63, 3.8) is 0 Å². The highest BCUT2D eigenvalue weighted by Gasteiger charge is 2.31. The Morgan fingerprint density at radius 2 is 1.88 bits per heavy atom. The van der Waals surface area contributed by atoms with E-state index in [9.17, 15) is 18.0 Å². The average molecular weight is 342 g/mol. The Bertz CT molecular complexity index is 689. The standard InChI is InChI=1S/C16H17F3N2O3/c1-10-14(11(2)24-20-10)8-15(22)21(3)9-12-4-6-13(7-5-12)23-16(17,18)19/h4-7H,8-9H2,1-3H3. The third-order valence-electron chi connectivity index (χ3n) is 3.51. The predicted molar refractivity (Wildman–Crippen MR) is 79.3 cm³/mol. The number of aromatic nitrogens is 1. The highest BCUT2D eigenvalue weighted by Crippen LogP contribution is 2.23. The van der Waals surface area contributed by atoms with Gasteiger partial charge >= 0.3 is 6.36 Å². The zero-order valence-corrected chi connectivity index (χ0v) is 13.5. The Balaban J connectivity index is 1.96. The van der Waals surface area contributed by atoms with E-state index in [1.54, 1.807) is 20.9 Å². The van der Waals surface area contributed by atoms with Crippen LogP contribution in [-0.2, 0) is 17.8 Å². The van der Waals surface area contributed by atoms with E-state index in [4.69, 9.17) is 4.52 Å². The van der Waals surface area contributed by atoms with E-state index in [1.807, 2.05) is 0 Å². The van der Waals surface area contributed by atoms with Crippen LogP contribution in [0, 0.1) is 13.8 Å². The molecule has 5 nitrogen and oxygen atoms in total. The molecule has 130 valence electrons. The summed E-state index contributed by atoms with van der Waals surface area (Å²) in [4.78, 5) is 13.7. The Hall–Kier alpha value is -2.51. The minimum Gasteiger partial charge on any atom is -0.406 e. The van der Waals surface area contributed by atoms with Gasteiger partial charge in [-0.05, 0) is 31.5 Å². The fourth-order valence-corrected chi connectivity index (χ4v) is 2.20. The SMILES string of the molecule is Cc1noc(C)c1CC(=O)N(C)Cc1ccc(OC(F)(F)F)cc1. The van der Waals surface area contributed by atoms with Crippen molar-refractivity contribution in [1.82, 2.24) is 10.1 Å². The Kier molecular flexibility index (Phi) is 5.16. The van der Waals surface area contributed by atoms with Crippen molar-refractivity contribution in [3.05, 3.63) is 46.8 Å². The molecule has 0 bridgehead atoms. The molecule has 0 saturated carbocycles. The first-order chi connectivity index (χ1) is 11.2. The number of rotatable bonds is 5. The molecule has 1 amide bonds. The summed E-state index contributed by atoms with van der Waals surface area (Å²) in [6.45, 7) is 3.77. The van der Waals surface area contributed by atoms with Crippen LogP contribution in [0.25, 0.3) is 0 Å². The summed E-state index contributed by atoms with van der Waals surface area (Å²) in [5.41, 5.74) is 2.11. The van der Waals surface area contributed by atoms with Crippen molar-refractivity contribution in [2.24, 2.45) is 0 Å². The van der Waals surface area contributed by atoms with Crippen molar-refractivity contribution in [3.8, 4) is 5.75 Å². The van der Waals surface area contributed by atoms with Gasteiger partial charge in [0.05, 0.1) is 12.1 Å². The van der Waals surface area contributed by atoms with Gasteiger partial charge in [-0.25, -0.2) is 0 Å². The molecule has 0 unspecified atom stereocenters. The zero-order chi connectivity index (χ0) is 17.9. The first-order valence-corrected chi connectivity index (χ1v) is 7.16. The van der Waals surface area contributed by atoms with E-state index >= 15 is 0 Å². The second-order valence-electron chi connectivity index (χ2n) is 5.42. The quantitative estimate of drug-likeness (QED) is 0.836. The summed E-state index contributed by atoms with van der Waals surface area (Å²) < 4.78 is 45.2. The molecular weight excluding hydrogens is 325 g/mol. The van der Waals surface area contributed by atoms with Crippen molar-refractivity contribution >= 4 is 5.91 Å². The Morgan fingerprint density at radius 1 is 1.25 bits per heavy atom. The minimum absolute atomic E-state index is 0.139. The summed E-state index contributed by atoms with van der Waals surface area (Å²) in [5, 5.41) is 3.80. The molecular formula is C16H17F3N2O3. The van der Waals surface area contributed by atoms with Crippen LogP contribution < -0.4 is 4.74 Å². The van der Waals surface area contributed by atoms with Crippen molar-refractivity contribution < 1.29 is 27.2 Å². The van der Waals surface area contributed by atoms with Crippen LogP contribution in [0.15, 0.2) is 28.8 Å². The molecule has 0 atom stereocenters. The van der Waals surface area contributed by atoms with Gasteiger partial charge in [-0.15, -0.1) is 13.2 Å². The van der Waals surface area contributed by atoms with Gasteiger partial charge in [0.1, 0.15) is 11.5 Å². The minimum atomic E-state index is -4.72. The van der Waals surface area contributed by atoms with Gasteiger partial charge < -0.3 is 14.2 Å². The number of amides is 1. The van der Waals surface area contributed by atoms with Crippen molar-refractivity contribution in [2.45, 2.75) is 33.2 Å². The van der Waals surface area contributed by atoms with Gasteiger partial charge in [-0.3, -0.25) is 4.79 Å². The number of benzene rings is 1. The lowest BCUT2D eigenvalue weighted by Crippen LogP contribution is -2.28. The lowest BCUT2D eigenvalue weighted by molar-refractivity contribution is -0.274. The van der Waals surface area contributed by atoms with E-state index in [0.717, 1.165) is 5.56 Å². The summed E-state index contributed by atoms with van der Waals surface area (Å²) in [7, 11) is 1.63. The molecule has 2 aromatic rings. The van der Waals surface area contributed by atoms with Crippen molar-refractivity contribution in [1.29, 1.82) is 0 Å². The van der Waals surface area contributed by atoms with Crippen LogP contribution in [0.3, 0.4) is 0 Å². The number of nitrogens with zero attached hydrogens (tertiary/aromatic N) is 2. The molecule has 1 aromatic carbocycles. The Morgan fingerprint density at radius 3 is 2.38 bits per heavy atom. The van der Waals surface area contributed by atoms with E-state index < -0.39 is 6.36 Å². The molecule has 0 N–H and O–H groups in total. The normalized spacial score (nSPS) is 11.4. The molecule has 0 aliphatic carbocycles. The second-order valence-corrected chi connectivity index (χ2v) is 5.42. The largest absolute Gasteiger partial charge is 0.573 e. The van der Waals surface area contributed by atoms with Gasteiger partial charge in [-0.2, -0.15) is 0 Å². The van der Waals surface area contributed by atoms with Crippen LogP contribution in [0.2, 0.25) is 0 Å². The number of aryl methyl sites for hydroxylation is 2. The maximum Gasteiger partial charge on any atom is 0.573 e. The molecule has 0 fully saturated rings.